The maximum absolute atomic E-state index is 12.7. The van der Waals surface area contributed by atoms with E-state index in [1.54, 1.807) is 10.7 Å². The number of nitrogens with zero attached hydrogens (tertiary/aromatic N) is 3. The van der Waals surface area contributed by atoms with Crippen LogP contribution in [0.2, 0.25) is 0 Å². The molecule has 0 saturated carbocycles. The molecule has 3 rings (SSSR count). The van der Waals surface area contributed by atoms with Crippen molar-refractivity contribution >= 4 is 17.4 Å². The summed E-state index contributed by atoms with van der Waals surface area (Å²) in [6.07, 6.45) is 1.99. The summed E-state index contributed by atoms with van der Waals surface area (Å²) < 4.78 is 1.68. The first-order valence-corrected chi connectivity index (χ1v) is 7.32. The van der Waals surface area contributed by atoms with Gasteiger partial charge in [0.25, 0.3) is 5.91 Å². The molecule has 0 saturated heterocycles. The van der Waals surface area contributed by atoms with E-state index in [1.807, 2.05) is 36.9 Å². The largest absolute Gasteiger partial charge is 0.384 e. The number of carbonyl (C=O) groups excluding carboxylic acids is 1. The summed E-state index contributed by atoms with van der Waals surface area (Å²) in [6.45, 7) is 4.71. The summed E-state index contributed by atoms with van der Waals surface area (Å²) in [7, 11) is 0. The van der Waals surface area contributed by atoms with E-state index in [2.05, 4.69) is 11.2 Å². The van der Waals surface area contributed by atoms with Crippen molar-refractivity contribution in [3.63, 3.8) is 0 Å². The zero-order chi connectivity index (χ0) is 15.0. The molecule has 110 valence electrons. The van der Waals surface area contributed by atoms with Crippen LogP contribution in [0.4, 0.5) is 11.5 Å². The molecule has 0 radical (unpaired) electrons. The monoisotopic (exact) mass is 284 g/mol. The fourth-order valence-corrected chi connectivity index (χ4v) is 2.81. The number of anilines is 2. The molecule has 2 aromatic rings. The second-order valence-electron chi connectivity index (χ2n) is 5.68. The summed E-state index contributed by atoms with van der Waals surface area (Å²) in [5.74, 6) is 0.451. The van der Waals surface area contributed by atoms with Gasteiger partial charge in [-0.1, -0.05) is 18.2 Å². The predicted molar refractivity (Wildman–Crippen MR) is 83.5 cm³/mol. The van der Waals surface area contributed by atoms with Gasteiger partial charge in [-0.15, -0.1) is 0 Å². The van der Waals surface area contributed by atoms with Crippen LogP contribution in [0.15, 0.2) is 30.3 Å². The third-order valence-corrected chi connectivity index (χ3v) is 3.83. The van der Waals surface area contributed by atoms with E-state index in [1.165, 1.54) is 5.56 Å². The molecular formula is C16H20N4O. The summed E-state index contributed by atoms with van der Waals surface area (Å²) in [5, 5.41) is 4.36. The summed E-state index contributed by atoms with van der Waals surface area (Å²) in [6, 6.07) is 9.86. The lowest BCUT2D eigenvalue weighted by Crippen LogP contribution is -2.35. The number of rotatable bonds is 2. The summed E-state index contributed by atoms with van der Waals surface area (Å²) in [4.78, 5) is 14.6. The van der Waals surface area contributed by atoms with Crippen molar-refractivity contribution in [1.29, 1.82) is 0 Å². The van der Waals surface area contributed by atoms with Crippen molar-refractivity contribution in [3.8, 4) is 0 Å². The number of aryl methyl sites for hydroxylation is 1. The molecule has 0 spiro atoms. The van der Waals surface area contributed by atoms with E-state index >= 15 is 0 Å². The number of carbonyl (C=O) groups is 1. The highest BCUT2D eigenvalue weighted by Gasteiger charge is 2.25. The zero-order valence-corrected chi connectivity index (χ0v) is 12.4. The van der Waals surface area contributed by atoms with E-state index in [0.29, 0.717) is 11.5 Å². The standard InChI is InChI=1S/C16H20N4O/c1-11(2)20-15(17)10-13(18-20)16(21)19-9-5-7-12-6-3-4-8-14(12)19/h3-4,6,8,10-11H,5,7,9,17H2,1-2H3. The first-order chi connectivity index (χ1) is 10.1. The van der Waals surface area contributed by atoms with Gasteiger partial charge in [-0.05, 0) is 38.3 Å². The molecule has 0 fully saturated rings. The van der Waals surface area contributed by atoms with Gasteiger partial charge in [0.2, 0.25) is 0 Å². The number of hydrogen-bond acceptors (Lipinski definition) is 3. The van der Waals surface area contributed by atoms with Crippen molar-refractivity contribution in [1.82, 2.24) is 9.78 Å². The van der Waals surface area contributed by atoms with Gasteiger partial charge in [0.1, 0.15) is 5.82 Å². The van der Waals surface area contributed by atoms with Crippen LogP contribution in [0.1, 0.15) is 42.4 Å². The van der Waals surface area contributed by atoms with Crippen LogP contribution in [0, 0.1) is 0 Å². The van der Waals surface area contributed by atoms with Gasteiger partial charge in [0.05, 0.1) is 0 Å². The molecule has 0 bridgehead atoms. The van der Waals surface area contributed by atoms with E-state index < -0.39 is 0 Å². The summed E-state index contributed by atoms with van der Waals surface area (Å²) in [5.41, 5.74) is 8.56. The Morgan fingerprint density at radius 2 is 2.10 bits per heavy atom. The zero-order valence-electron chi connectivity index (χ0n) is 12.4. The maximum atomic E-state index is 12.7. The van der Waals surface area contributed by atoms with Gasteiger partial charge < -0.3 is 10.6 Å². The number of hydrogen-bond donors (Lipinski definition) is 1. The number of benzene rings is 1. The van der Waals surface area contributed by atoms with Gasteiger partial charge in [-0.3, -0.25) is 4.79 Å². The SMILES string of the molecule is CC(C)n1nc(C(=O)N2CCCc3ccccc32)cc1N. The van der Waals surface area contributed by atoms with E-state index in [-0.39, 0.29) is 11.9 Å². The number of fused-ring (bicyclic) bond motifs is 1. The molecule has 5 nitrogen and oxygen atoms in total. The Hall–Kier alpha value is -2.30. The third kappa shape index (κ3) is 2.39. The van der Waals surface area contributed by atoms with Gasteiger partial charge >= 0.3 is 0 Å². The Labute approximate surface area is 124 Å². The minimum Gasteiger partial charge on any atom is -0.384 e. The van der Waals surface area contributed by atoms with E-state index in [9.17, 15) is 4.79 Å². The van der Waals surface area contributed by atoms with Crippen molar-refractivity contribution in [2.45, 2.75) is 32.7 Å². The Kier molecular flexibility index (Phi) is 3.41. The molecule has 1 aromatic carbocycles. The molecule has 1 aliphatic heterocycles. The predicted octanol–water partition coefficient (Wildman–Crippen LogP) is 2.64. The van der Waals surface area contributed by atoms with Crippen molar-refractivity contribution in [2.24, 2.45) is 0 Å². The average Bonchev–Trinajstić information content (AvgIpc) is 2.88. The summed E-state index contributed by atoms with van der Waals surface area (Å²) >= 11 is 0. The minimum absolute atomic E-state index is 0.0757. The smallest absolute Gasteiger partial charge is 0.278 e. The Bertz CT molecular complexity index is 675. The number of amides is 1. The molecule has 0 unspecified atom stereocenters. The van der Waals surface area contributed by atoms with Crippen molar-refractivity contribution in [3.05, 3.63) is 41.6 Å². The van der Waals surface area contributed by atoms with Gasteiger partial charge in [0, 0.05) is 24.3 Å². The lowest BCUT2D eigenvalue weighted by atomic mass is 10.0. The quantitative estimate of drug-likeness (QED) is 0.922. The fraction of sp³-hybridized carbons (Fsp3) is 0.375. The van der Waals surface area contributed by atoms with Crippen molar-refractivity contribution in [2.75, 3.05) is 17.2 Å². The average molecular weight is 284 g/mol. The van der Waals surface area contributed by atoms with E-state index in [4.69, 9.17) is 5.73 Å². The maximum Gasteiger partial charge on any atom is 0.278 e. The van der Waals surface area contributed by atoms with Crippen molar-refractivity contribution < 1.29 is 4.79 Å². The molecule has 2 N–H and O–H groups in total. The molecule has 0 aliphatic carbocycles. The van der Waals surface area contributed by atoms with Gasteiger partial charge in [-0.25, -0.2) is 4.68 Å². The fourth-order valence-electron chi connectivity index (χ4n) is 2.81. The number of para-hydroxylation sites is 1. The second kappa shape index (κ2) is 5.24. The normalized spacial score (nSPS) is 14.3. The number of nitrogen functional groups attached to an aromatic ring is 1. The van der Waals surface area contributed by atoms with Crippen LogP contribution in [0.25, 0.3) is 0 Å². The number of nitrogens with two attached hydrogens (primary N) is 1. The topological polar surface area (TPSA) is 64.2 Å². The molecule has 1 aromatic heterocycles. The first-order valence-electron chi connectivity index (χ1n) is 7.32. The molecule has 1 aliphatic rings. The Morgan fingerprint density at radius 3 is 2.81 bits per heavy atom. The Balaban J connectivity index is 1.95. The molecule has 1 amide bonds. The third-order valence-electron chi connectivity index (χ3n) is 3.83. The van der Waals surface area contributed by atoms with Crippen LogP contribution in [0.3, 0.4) is 0 Å². The van der Waals surface area contributed by atoms with E-state index in [0.717, 1.165) is 25.1 Å². The highest BCUT2D eigenvalue weighted by molar-refractivity contribution is 6.05. The van der Waals surface area contributed by atoms with Crippen LogP contribution in [0.5, 0.6) is 0 Å². The highest BCUT2D eigenvalue weighted by Crippen LogP contribution is 2.28. The van der Waals surface area contributed by atoms with Gasteiger partial charge in [-0.2, -0.15) is 5.10 Å². The second-order valence-corrected chi connectivity index (χ2v) is 5.68. The molecular weight excluding hydrogens is 264 g/mol. The highest BCUT2D eigenvalue weighted by atomic mass is 16.2. The minimum atomic E-state index is -0.0757. The lowest BCUT2D eigenvalue weighted by molar-refractivity contribution is 0.0979. The number of aromatic nitrogens is 2. The molecule has 5 heteroatoms. The van der Waals surface area contributed by atoms with Crippen LogP contribution in [-0.2, 0) is 6.42 Å². The van der Waals surface area contributed by atoms with Crippen LogP contribution in [-0.4, -0.2) is 22.2 Å². The molecule has 21 heavy (non-hydrogen) atoms. The lowest BCUT2D eigenvalue weighted by Gasteiger charge is -2.28. The van der Waals surface area contributed by atoms with Crippen LogP contribution >= 0.6 is 0 Å². The first kappa shape index (κ1) is 13.7. The Morgan fingerprint density at radius 1 is 1.33 bits per heavy atom. The van der Waals surface area contributed by atoms with Crippen LogP contribution < -0.4 is 10.6 Å². The van der Waals surface area contributed by atoms with Gasteiger partial charge in [0.15, 0.2) is 5.69 Å². The molecule has 2 heterocycles. The molecule has 0 atom stereocenters.